The molecule has 1 saturated carbocycles. The summed E-state index contributed by atoms with van der Waals surface area (Å²) in [6.45, 7) is 6.89. The third-order valence-corrected chi connectivity index (χ3v) is 4.75. The van der Waals surface area contributed by atoms with Gasteiger partial charge in [0.2, 0.25) is 0 Å². The minimum Gasteiger partial charge on any atom is -0.309 e. The number of rotatable bonds is 2. The van der Waals surface area contributed by atoms with Crippen LogP contribution in [0.1, 0.15) is 43.2 Å². The summed E-state index contributed by atoms with van der Waals surface area (Å²) in [5.41, 5.74) is 3.27. The summed E-state index contributed by atoms with van der Waals surface area (Å²) in [6.07, 6.45) is 6.99. The van der Waals surface area contributed by atoms with Crippen molar-refractivity contribution in [2.24, 2.45) is 0 Å². The molecule has 0 bridgehead atoms. The first kappa shape index (κ1) is 13.1. The fourth-order valence-corrected chi connectivity index (χ4v) is 3.81. The van der Waals surface area contributed by atoms with Crippen molar-refractivity contribution in [1.29, 1.82) is 0 Å². The molecule has 2 nitrogen and oxygen atoms in total. The molecule has 1 aromatic carbocycles. The highest BCUT2D eigenvalue weighted by Gasteiger charge is 2.35. The van der Waals surface area contributed by atoms with Crippen molar-refractivity contribution in [3.8, 4) is 0 Å². The van der Waals surface area contributed by atoms with E-state index in [1.165, 1.54) is 56.3 Å². The molecule has 0 atom stereocenters. The highest BCUT2D eigenvalue weighted by Crippen LogP contribution is 2.31. The van der Waals surface area contributed by atoms with Crippen LogP contribution in [0.25, 0.3) is 0 Å². The maximum absolute atomic E-state index is 3.82. The number of nitrogens with zero attached hydrogens (tertiary/aromatic N) is 1. The molecule has 1 aliphatic carbocycles. The molecule has 0 amide bonds. The third-order valence-electron chi connectivity index (χ3n) is 4.75. The van der Waals surface area contributed by atoms with Gasteiger partial charge in [0, 0.05) is 31.7 Å². The number of benzene rings is 1. The highest BCUT2D eigenvalue weighted by molar-refractivity contribution is 5.22. The molecular weight excluding hydrogens is 232 g/mol. The molecule has 1 aromatic rings. The summed E-state index contributed by atoms with van der Waals surface area (Å²) in [6, 6.07) is 8.96. The van der Waals surface area contributed by atoms with Crippen LogP contribution in [-0.2, 0) is 6.54 Å². The SMILES string of the molecule is Cc1cccc(CN2CCNC3(CCCCC3)C2)c1. The minimum atomic E-state index is 0.431. The Hall–Kier alpha value is -0.860. The summed E-state index contributed by atoms with van der Waals surface area (Å²) in [5.74, 6) is 0. The molecule has 0 unspecified atom stereocenters. The number of nitrogens with one attached hydrogen (secondary N) is 1. The van der Waals surface area contributed by atoms with Crippen molar-refractivity contribution in [3.05, 3.63) is 35.4 Å². The summed E-state index contributed by atoms with van der Waals surface area (Å²) in [4.78, 5) is 2.65. The molecule has 19 heavy (non-hydrogen) atoms. The van der Waals surface area contributed by atoms with E-state index < -0.39 is 0 Å². The molecule has 1 spiro atoms. The Morgan fingerprint density at radius 2 is 2.05 bits per heavy atom. The zero-order valence-corrected chi connectivity index (χ0v) is 12.1. The molecule has 2 heteroatoms. The van der Waals surface area contributed by atoms with Crippen molar-refractivity contribution in [2.45, 2.75) is 51.1 Å². The fraction of sp³-hybridized carbons (Fsp3) is 0.647. The molecule has 1 saturated heterocycles. The van der Waals surface area contributed by atoms with E-state index in [0.717, 1.165) is 13.1 Å². The lowest BCUT2D eigenvalue weighted by molar-refractivity contribution is 0.0945. The summed E-state index contributed by atoms with van der Waals surface area (Å²) in [5, 5.41) is 3.82. The molecule has 0 aromatic heterocycles. The average molecular weight is 258 g/mol. The van der Waals surface area contributed by atoms with Crippen LogP contribution in [-0.4, -0.2) is 30.1 Å². The van der Waals surface area contributed by atoms with E-state index in [2.05, 4.69) is 41.4 Å². The van der Waals surface area contributed by atoms with Gasteiger partial charge in [0.15, 0.2) is 0 Å². The van der Waals surface area contributed by atoms with Gasteiger partial charge in [-0.05, 0) is 25.3 Å². The topological polar surface area (TPSA) is 15.3 Å². The minimum absolute atomic E-state index is 0.431. The van der Waals surface area contributed by atoms with Gasteiger partial charge in [0.25, 0.3) is 0 Å². The van der Waals surface area contributed by atoms with Crippen LogP contribution in [0.15, 0.2) is 24.3 Å². The maximum Gasteiger partial charge on any atom is 0.0309 e. The lowest BCUT2D eigenvalue weighted by Gasteiger charge is -2.46. The second kappa shape index (κ2) is 5.64. The molecule has 0 radical (unpaired) electrons. The molecule has 1 heterocycles. The van der Waals surface area contributed by atoms with Gasteiger partial charge < -0.3 is 5.32 Å². The predicted octanol–water partition coefficient (Wildman–Crippen LogP) is 3.10. The Labute approximate surface area is 117 Å². The lowest BCUT2D eigenvalue weighted by atomic mass is 9.80. The van der Waals surface area contributed by atoms with Crippen molar-refractivity contribution in [1.82, 2.24) is 10.2 Å². The van der Waals surface area contributed by atoms with E-state index in [0.29, 0.717) is 5.54 Å². The Kier molecular flexibility index (Phi) is 3.90. The van der Waals surface area contributed by atoms with E-state index in [1.807, 2.05) is 0 Å². The number of hydrogen-bond acceptors (Lipinski definition) is 2. The van der Waals surface area contributed by atoms with Gasteiger partial charge in [-0.1, -0.05) is 49.1 Å². The molecule has 2 aliphatic rings. The Morgan fingerprint density at radius 1 is 1.21 bits per heavy atom. The largest absolute Gasteiger partial charge is 0.309 e. The van der Waals surface area contributed by atoms with Gasteiger partial charge in [-0.2, -0.15) is 0 Å². The van der Waals surface area contributed by atoms with Gasteiger partial charge in [0.05, 0.1) is 0 Å². The van der Waals surface area contributed by atoms with Gasteiger partial charge in [-0.15, -0.1) is 0 Å². The van der Waals surface area contributed by atoms with Crippen LogP contribution in [0.4, 0.5) is 0 Å². The van der Waals surface area contributed by atoms with E-state index in [1.54, 1.807) is 0 Å². The zero-order valence-electron chi connectivity index (χ0n) is 12.1. The van der Waals surface area contributed by atoms with Crippen molar-refractivity contribution in [2.75, 3.05) is 19.6 Å². The highest BCUT2D eigenvalue weighted by atomic mass is 15.2. The molecule has 3 rings (SSSR count). The first-order valence-corrected chi connectivity index (χ1v) is 7.79. The summed E-state index contributed by atoms with van der Waals surface area (Å²) in [7, 11) is 0. The Balaban J connectivity index is 1.65. The summed E-state index contributed by atoms with van der Waals surface area (Å²) >= 11 is 0. The predicted molar refractivity (Wildman–Crippen MR) is 80.3 cm³/mol. The normalized spacial score (nSPS) is 23.6. The van der Waals surface area contributed by atoms with Crippen LogP contribution < -0.4 is 5.32 Å². The fourth-order valence-electron chi connectivity index (χ4n) is 3.81. The Morgan fingerprint density at radius 3 is 2.84 bits per heavy atom. The van der Waals surface area contributed by atoms with Crippen molar-refractivity contribution >= 4 is 0 Å². The van der Waals surface area contributed by atoms with E-state index in [9.17, 15) is 0 Å². The average Bonchev–Trinajstić information content (AvgIpc) is 2.40. The first-order valence-electron chi connectivity index (χ1n) is 7.79. The van der Waals surface area contributed by atoms with Crippen LogP contribution in [0.3, 0.4) is 0 Å². The van der Waals surface area contributed by atoms with Crippen LogP contribution in [0, 0.1) is 6.92 Å². The third kappa shape index (κ3) is 3.18. The summed E-state index contributed by atoms with van der Waals surface area (Å²) < 4.78 is 0. The van der Waals surface area contributed by atoms with Gasteiger partial charge >= 0.3 is 0 Å². The number of piperazine rings is 1. The van der Waals surface area contributed by atoms with Gasteiger partial charge in [-0.3, -0.25) is 4.90 Å². The maximum atomic E-state index is 3.82. The first-order chi connectivity index (χ1) is 9.26. The molecule has 1 N–H and O–H groups in total. The second-order valence-corrected chi connectivity index (χ2v) is 6.47. The smallest absolute Gasteiger partial charge is 0.0309 e. The van der Waals surface area contributed by atoms with E-state index >= 15 is 0 Å². The molecule has 104 valence electrons. The standard InChI is InChI=1S/C17H26N2/c1-15-6-5-7-16(12-15)13-19-11-10-18-17(14-19)8-3-2-4-9-17/h5-7,12,18H,2-4,8-11,13-14H2,1H3. The van der Waals surface area contributed by atoms with Crippen molar-refractivity contribution in [3.63, 3.8) is 0 Å². The second-order valence-electron chi connectivity index (χ2n) is 6.47. The number of aryl methyl sites for hydroxylation is 1. The monoisotopic (exact) mass is 258 g/mol. The van der Waals surface area contributed by atoms with Gasteiger partial charge in [0.1, 0.15) is 0 Å². The molecule has 2 fully saturated rings. The molecular formula is C17H26N2. The lowest BCUT2D eigenvalue weighted by Crippen LogP contribution is -2.60. The molecule has 1 aliphatic heterocycles. The zero-order chi connectivity index (χ0) is 13.1. The van der Waals surface area contributed by atoms with Crippen molar-refractivity contribution < 1.29 is 0 Å². The van der Waals surface area contributed by atoms with E-state index in [-0.39, 0.29) is 0 Å². The number of hydrogen-bond donors (Lipinski definition) is 1. The van der Waals surface area contributed by atoms with Gasteiger partial charge in [-0.25, -0.2) is 0 Å². The quantitative estimate of drug-likeness (QED) is 0.877. The Bertz CT molecular complexity index is 416. The van der Waals surface area contributed by atoms with Crippen LogP contribution in [0.2, 0.25) is 0 Å². The van der Waals surface area contributed by atoms with Crippen LogP contribution in [0.5, 0.6) is 0 Å². The van der Waals surface area contributed by atoms with Crippen LogP contribution >= 0.6 is 0 Å². The van der Waals surface area contributed by atoms with E-state index in [4.69, 9.17) is 0 Å².